The van der Waals surface area contributed by atoms with E-state index in [0.29, 0.717) is 0 Å². The van der Waals surface area contributed by atoms with E-state index in [0.717, 1.165) is 12.8 Å². The van der Waals surface area contributed by atoms with Crippen LogP contribution in [0.15, 0.2) is 0 Å². The fourth-order valence-corrected chi connectivity index (χ4v) is 2.40. The lowest BCUT2D eigenvalue weighted by atomic mass is 9.99. The predicted molar refractivity (Wildman–Crippen MR) is 64.3 cm³/mol. The van der Waals surface area contributed by atoms with Gasteiger partial charge in [0, 0.05) is 11.8 Å². The molecule has 0 aromatic carbocycles. The lowest BCUT2D eigenvalue weighted by Crippen LogP contribution is -2.43. The van der Waals surface area contributed by atoms with E-state index in [1.54, 1.807) is 0 Å². The normalized spacial score (nSPS) is 26.7. The highest BCUT2D eigenvalue weighted by molar-refractivity contribution is 5.90. The predicted octanol–water partition coefficient (Wildman–Crippen LogP) is 1.90. The van der Waals surface area contributed by atoms with E-state index in [1.165, 1.54) is 0 Å². The maximum Gasteiger partial charge on any atom is 0.152 e. The van der Waals surface area contributed by atoms with Crippen LogP contribution in [0.5, 0.6) is 0 Å². The molecule has 1 rings (SSSR count). The van der Waals surface area contributed by atoms with Crippen molar-refractivity contribution < 1.29 is 9.59 Å². The zero-order chi connectivity index (χ0) is 12.5. The van der Waals surface area contributed by atoms with E-state index in [9.17, 15) is 9.59 Å². The Balaban J connectivity index is 2.71. The molecule has 3 nitrogen and oxygen atoms in total. The molecule has 1 aliphatic heterocycles. The smallest absolute Gasteiger partial charge is 0.152 e. The summed E-state index contributed by atoms with van der Waals surface area (Å²) in [4.78, 5) is 25.9. The van der Waals surface area contributed by atoms with Crippen LogP contribution in [0.2, 0.25) is 0 Å². The Bertz CT molecular complexity index is 256. The van der Waals surface area contributed by atoms with Crippen LogP contribution in [-0.2, 0) is 9.59 Å². The van der Waals surface area contributed by atoms with Gasteiger partial charge < -0.3 is 0 Å². The highest BCUT2D eigenvalue weighted by Crippen LogP contribution is 2.26. The number of rotatable bonds is 4. The van der Waals surface area contributed by atoms with Crippen molar-refractivity contribution in [2.24, 2.45) is 11.8 Å². The summed E-state index contributed by atoms with van der Waals surface area (Å²) in [6.07, 6.45) is 1.66. The second-order valence-corrected chi connectivity index (χ2v) is 5.39. The van der Waals surface area contributed by atoms with Crippen molar-refractivity contribution in [1.29, 1.82) is 0 Å². The summed E-state index contributed by atoms with van der Waals surface area (Å²) in [6.45, 7) is 7.70. The van der Waals surface area contributed by atoms with Gasteiger partial charge in [0.1, 0.15) is 0 Å². The first-order chi connectivity index (χ1) is 7.36. The van der Waals surface area contributed by atoms with E-state index in [-0.39, 0.29) is 35.5 Å². The van der Waals surface area contributed by atoms with Crippen LogP contribution in [0.1, 0.15) is 40.5 Å². The van der Waals surface area contributed by atoms with Gasteiger partial charge in [0.2, 0.25) is 0 Å². The van der Waals surface area contributed by atoms with Gasteiger partial charge >= 0.3 is 0 Å². The molecular formula is C13H23NO2. The molecule has 0 aromatic heterocycles. The summed E-state index contributed by atoms with van der Waals surface area (Å²) in [7, 11) is 1.91. The summed E-state index contributed by atoms with van der Waals surface area (Å²) >= 11 is 0. The molecule has 3 heteroatoms. The van der Waals surface area contributed by atoms with Gasteiger partial charge in [0.25, 0.3) is 0 Å². The van der Waals surface area contributed by atoms with Crippen LogP contribution in [0, 0.1) is 11.8 Å². The number of Topliss-reactive ketones (excluding diaryl/α,β-unsaturated/α-hetero) is 2. The number of nitrogens with zero attached hydrogens (tertiary/aromatic N) is 1. The Hall–Kier alpha value is -0.700. The first-order valence-electron chi connectivity index (χ1n) is 6.15. The van der Waals surface area contributed by atoms with E-state index in [2.05, 4.69) is 0 Å². The molecule has 1 fully saturated rings. The summed E-state index contributed by atoms with van der Waals surface area (Å²) in [5.41, 5.74) is 0. The molecule has 0 aliphatic carbocycles. The molecule has 0 spiro atoms. The Kier molecular flexibility index (Phi) is 4.25. The third-order valence-corrected chi connectivity index (χ3v) is 3.49. The summed E-state index contributed by atoms with van der Waals surface area (Å²) in [5.74, 6) is 0.642. The quantitative estimate of drug-likeness (QED) is 0.733. The van der Waals surface area contributed by atoms with Crippen molar-refractivity contribution in [3.8, 4) is 0 Å². The van der Waals surface area contributed by atoms with Crippen molar-refractivity contribution >= 4 is 11.6 Å². The number of carbonyl (C=O) groups excluding carboxylic acids is 2. The standard InChI is InChI=1S/C13H23NO2/c1-8(2)12(15)10-6-7-11(14(10)5)13(16)9(3)4/h8-11H,6-7H2,1-5H3. The summed E-state index contributed by atoms with van der Waals surface area (Å²) < 4.78 is 0. The van der Waals surface area contributed by atoms with Crippen LogP contribution < -0.4 is 0 Å². The highest BCUT2D eigenvalue weighted by atomic mass is 16.1. The van der Waals surface area contributed by atoms with Gasteiger partial charge in [-0.25, -0.2) is 0 Å². The molecule has 2 atom stereocenters. The van der Waals surface area contributed by atoms with Crippen LogP contribution >= 0.6 is 0 Å². The van der Waals surface area contributed by atoms with Gasteiger partial charge in [-0.1, -0.05) is 27.7 Å². The van der Waals surface area contributed by atoms with Gasteiger partial charge in [0.15, 0.2) is 11.6 Å². The zero-order valence-electron chi connectivity index (χ0n) is 11.0. The molecule has 1 aliphatic rings. The zero-order valence-corrected chi connectivity index (χ0v) is 11.0. The number of hydrogen-bond acceptors (Lipinski definition) is 3. The average molecular weight is 225 g/mol. The second kappa shape index (κ2) is 5.09. The van der Waals surface area contributed by atoms with Gasteiger partial charge in [-0.3, -0.25) is 14.5 Å². The number of likely N-dealkylation sites (tertiary alicyclic amines) is 1. The van der Waals surface area contributed by atoms with Crippen LogP contribution in [0.25, 0.3) is 0 Å². The fourth-order valence-electron chi connectivity index (χ4n) is 2.40. The van der Waals surface area contributed by atoms with Crippen molar-refractivity contribution in [3.05, 3.63) is 0 Å². The van der Waals surface area contributed by atoms with E-state index >= 15 is 0 Å². The lowest BCUT2D eigenvalue weighted by molar-refractivity contribution is -0.129. The molecule has 0 bridgehead atoms. The number of likely N-dealkylation sites (N-methyl/N-ethyl adjacent to an activating group) is 1. The van der Waals surface area contributed by atoms with Crippen LogP contribution in [0.3, 0.4) is 0 Å². The van der Waals surface area contributed by atoms with E-state index < -0.39 is 0 Å². The largest absolute Gasteiger partial charge is 0.298 e. The molecule has 0 radical (unpaired) electrons. The van der Waals surface area contributed by atoms with Crippen LogP contribution in [0.4, 0.5) is 0 Å². The molecule has 1 saturated heterocycles. The van der Waals surface area contributed by atoms with Gasteiger partial charge in [-0.05, 0) is 19.9 Å². The van der Waals surface area contributed by atoms with Crippen molar-refractivity contribution in [1.82, 2.24) is 4.90 Å². The van der Waals surface area contributed by atoms with E-state index in [1.807, 2.05) is 39.6 Å². The Morgan fingerprint density at radius 2 is 1.25 bits per heavy atom. The first-order valence-corrected chi connectivity index (χ1v) is 6.15. The maximum atomic E-state index is 11.9. The molecule has 92 valence electrons. The monoisotopic (exact) mass is 225 g/mol. The molecule has 16 heavy (non-hydrogen) atoms. The van der Waals surface area contributed by atoms with Gasteiger partial charge in [-0.2, -0.15) is 0 Å². The molecule has 0 saturated carbocycles. The summed E-state index contributed by atoms with van der Waals surface area (Å²) in [6, 6.07) is -0.0969. The van der Waals surface area contributed by atoms with Gasteiger partial charge in [0.05, 0.1) is 12.1 Å². The fraction of sp³-hybridized carbons (Fsp3) is 0.846. The highest BCUT2D eigenvalue weighted by Gasteiger charge is 2.39. The minimum absolute atomic E-state index is 0.0484. The van der Waals surface area contributed by atoms with E-state index in [4.69, 9.17) is 0 Å². The maximum absolute atomic E-state index is 11.9. The number of hydrogen-bond donors (Lipinski definition) is 0. The van der Waals surface area contributed by atoms with Crippen molar-refractivity contribution in [2.75, 3.05) is 7.05 Å². The molecule has 0 amide bonds. The molecule has 2 unspecified atom stereocenters. The third-order valence-electron chi connectivity index (χ3n) is 3.49. The average Bonchev–Trinajstić information content (AvgIpc) is 2.57. The minimum atomic E-state index is -0.0484. The third kappa shape index (κ3) is 2.51. The number of carbonyl (C=O) groups is 2. The first kappa shape index (κ1) is 13.4. The molecule has 1 heterocycles. The Morgan fingerprint density at radius 3 is 1.50 bits per heavy atom. The van der Waals surface area contributed by atoms with Gasteiger partial charge in [-0.15, -0.1) is 0 Å². The molecular weight excluding hydrogens is 202 g/mol. The second-order valence-electron chi connectivity index (χ2n) is 5.39. The van der Waals surface area contributed by atoms with Crippen molar-refractivity contribution in [2.45, 2.75) is 52.6 Å². The Morgan fingerprint density at radius 1 is 0.938 bits per heavy atom. The SMILES string of the molecule is CC(C)C(=O)C1CCC(C(=O)C(C)C)N1C. The number of ketones is 2. The molecule has 0 aromatic rings. The molecule has 0 N–H and O–H groups in total. The van der Waals surface area contributed by atoms with Crippen molar-refractivity contribution in [3.63, 3.8) is 0 Å². The van der Waals surface area contributed by atoms with Crippen LogP contribution in [-0.4, -0.2) is 35.6 Å². The summed E-state index contributed by atoms with van der Waals surface area (Å²) in [5, 5.41) is 0. The topological polar surface area (TPSA) is 37.4 Å². The Labute approximate surface area is 98.2 Å². The minimum Gasteiger partial charge on any atom is -0.298 e. The lowest BCUT2D eigenvalue weighted by Gasteiger charge is -2.26.